The number of nitrogens with two attached hydrogens (primary N) is 1. The minimum absolute atomic E-state index is 0.212. The second-order valence-electron chi connectivity index (χ2n) is 3.61. The average Bonchev–Trinajstić information content (AvgIpc) is 2.14. The van der Waals surface area contributed by atoms with Crippen molar-refractivity contribution in [2.45, 2.75) is 33.1 Å². The van der Waals surface area contributed by atoms with Gasteiger partial charge in [0.2, 0.25) is 5.91 Å². The maximum absolute atomic E-state index is 11.6. The Morgan fingerprint density at radius 3 is 2.50 bits per heavy atom. The molecular weight excluding hydrogens is 176 g/mol. The van der Waals surface area contributed by atoms with Crippen LogP contribution in [0.15, 0.2) is 12.2 Å². The lowest BCUT2D eigenvalue weighted by atomic mass is 10.2. The van der Waals surface area contributed by atoms with Crippen LogP contribution in [-0.2, 0) is 4.79 Å². The number of amides is 1. The van der Waals surface area contributed by atoms with Crippen molar-refractivity contribution in [2.24, 2.45) is 5.73 Å². The summed E-state index contributed by atoms with van der Waals surface area (Å²) in [7, 11) is 0. The third-order valence-electron chi connectivity index (χ3n) is 2.04. The van der Waals surface area contributed by atoms with Gasteiger partial charge in [-0.25, -0.2) is 0 Å². The van der Waals surface area contributed by atoms with Gasteiger partial charge in [0.05, 0.1) is 0 Å². The normalized spacial score (nSPS) is 9.93. The first-order valence-corrected chi connectivity index (χ1v) is 5.24. The van der Waals surface area contributed by atoms with Crippen LogP contribution in [0.2, 0.25) is 0 Å². The molecule has 82 valence electrons. The van der Waals surface area contributed by atoms with Crippen LogP contribution < -0.4 is 5.73 Å². The molecule has 14 heavy (non-hydrogen) atoms. The molecule has 0 aliphatic rings. The highest BCUT2D eigenvalue weighted by atomic mass is 16.2. The molecule has 0 aromatic rings. The molecule has 0 unspecified atom stereocenters. The predicted molar refractivity (Wildman–Crippen MR) is 60.0 cm³/mol. The summed E-state index contributed by atoms with van der Waals surface area (Å²) < 4.78 is 0. The maximum Gasteiger partial charge on any atom is 0.222 e. The lowest BCUT2D eigenvalue weighted by Gasteiger charge is -2.20. The molecule has 0 aliphatic heterocycles. The summed E-state index contributed by atoms with van der Waals surface area (Å²) in [4.78, 5) is 13.5. The lowest BCUT2D eigenvalue weighted by molar-refractivity contribution is -0.130. The number of hydrogen-bond acceptors (Lipinski definition) is 2. The van der Waals surface area contributed by atoms with Crippen LogP contribution in [0.5, 0.6) is 0 Å². The van der Waals surface area contributed by atoms with Crippen LogP contribution in [0.4, 0.5) is 0 Å². The molecule has 0 aromatic carbocycles. The summed E-state index contributed by atoms with van der Waals surface area (Å²) in [5.41, 5.74) is 6.39. The smallest absolute Gasteiger partial charge is 0.222 e. The quantitative estimate of drug-likeness (QED) is 0.498. The molecule has 0 aliphatic carbocycles. The zero-order chi connectivity index (χ0) is 11.0. The zero-order valence-electron chi connectivity index (χ0n) is 9.38. The molecule has 0 saturated carbocycles. The highest BCUT2D eigenvalue weighted by molar-refractivity contribution is 5.76. The molecule has 3 nitrogen and oxygen atoms in total. The van der Waals surface area contributed by atoms with Gasteiger partial charge in [0.1, 0.15) is 0 Å². The van der Waals surface area contributed by atoms with Gasteiger partial charge in [-0.15, -0.1) is 0 Å². The minimum atomic E-state index is 0.212. The van der Waals surface area contributed by atoms with Crippen LogP contribution >= 0.6 is 0 Å². The molecule has 0 atom stereocenters. The Morgan fingerprint density at radius 1 is 1.43 bits per heavy atom. The number of carbonyl (C=O) groups excluding carboxylic acids is 1. The van der Waals surface area contributed by atoms with Gasteiger partial charge >= 0.3 is 0 Å². The molecule has 0 fully saturated rings. The van der Waals surface area contributed by atoms with E-state index in [9.17, 15) is 4.79 Å². The number of likely N-dealkylation sites (N-methyl/N-ethyl adjacent to an activating group) is 1. The molecule has 0 aromatic heterocycles. The molecule has 0 saturated heterocycles. The highest BCUT2D eigenvalue weighted by Gasteiger charge is 2.10. The average molecular weight is 198 g/mol. The Morgan fingerprint density at radius 2 is 2.07 bits per heavy atom. The zero-order valence-corrected chi connectivity index (χ0v) is 9.38. The standard InChI is InChI=1S/C11H22N2O/c1-4-13(9-10(2)3)11(14)7-5-6-8-12/h2,4-9,12H2,1,3H3. The fraction of sp³-hybridized carbons (Fsp3) is 0.727. The van der Waals surface area contributed by atoms with E-state index in [2.05, 4.69) is 6.58 Å². The molecule has 3 heteroatoms. The van der Waals surface area contributed by atoms with Gasteiger partial charge in [-0.1, -0.05) is 12.2 Å². The van der Waals surface area contributed by atoms with Gasteiger partial charge in [0.15, 0.2) is 0 Å². The van der Waals surface area contributed by atoms with Crippen molar-refractivity contribution in [2.75, 3.05) is 19.6 Å². The first kappa shape index (κ1) is 13.2. The summed E-state index contributed by atoms with van der Waals surface area (Å²) in [5.74, 6) is 0.212. The van der Waals surface area contributed by atoms with Gasteiger partial charge in [0.25, 0.3) is 0 Å². The van der Waals surface area contributed by atoms with Gasteiger partial charge in [0, 0.05) is 19.5 Å². The third-order valence-corrected chi connectivity index (χ3v) is 2.04. The van der Waals surface area contributed by atoms with Crippen LogP contribution in [0.3, 0.4) is 0 Å². The Balaban J connectivity index is 3.85. The van der Waals surface area contributed by atoms with E-state index in [-0.39, 0.29) is 5.91 Å². The second kappa shape index (κ2) is 7.56. The molecule has 1 amide bonds. The van der Waals surface area contributed by atoms with Gasteiger partial charge in [-0.05, 0) is 33.2 Å². The summed E-state index contributed by atoms with van der Waals surface area (Å²) in [5, 5.41) is 0. The third kappa shape index (κ3) is 5.75. The molecule has 0 bridgehead atoms. The van der Waals surface area contributed by atoms with Crippen molar-refractivity contribution in [3.05, 3.63) is 12.2 Å². The van der Waals surface area contributed by atoms with E-state index < -0.39 is 0 Å². The Bertz CT molecular complexity index is 190. The van der Waals surface area contributed by atoms with Gasteiger partial charge in [-0.2, -0.15) is 0 Å². The van der Waals surface area contributed by atoms with Crippen molar-refractivity contribution in [1.82, 2.24) is 4.90 Å². The van der Waals surface area contributed by atoms with E-state index in [1.807, 2.05) is 18.7 Å². The molecule has 0 rings (SSSR count). The van der Waals surface area contributed by atoms with E-state index in [1.54, 1.807) is 0 Å². The Labute approximate surface area is 87.0 Å². The number of rotatable bonds is 7. The Hall–Kier alpha value is -0.830. The van der Waals surface area contributed by atoms with Gasteiger partial charge < -0.3 is 10.6 Å². The van der Waals surface area contributed by atoms with Crippen LogP contribution in [0, 0.1) is 0 Å². The van der Waals surface area contributed by atoms with Crippen molar-refractivity contribution >= 4 is 5.91 Å². The molecule has 0 radical (unpaired) electrons. The fourth-order valence-electron chi connectivity index (χ4n) is 1.28. The molecular formula is C11H22N2O. The summed E-state index contributed by atoms with van der Waals surface area (Å²) in [6, 6.07) is 0. The summed E-state index contributed by atoms with van der Waals surface area (Å²) in [6.45, 7) is 9.84. The monoisotopic (exact) mass is 198 g/mol. The first-order valence-electron chi connectivity index (χ1n) is 5.24. The van der Waals surface area contributed by atoms with Crippen molar-refractivity contribution < 1.29 is 4.79 Å². The van der Waals surface area contributed by atoms with E-state index in [1.165, 1.54) is 0 Å². The van der Waals surface area contributed by atoms with Crippen LogP contribution in [-0.4, -0.2) is 30.4 Å². The van der Waals surface area contributed by atoms with Gasteiger partial charge in [-0.3, -0.25) is 4.79 Å². The number of carbonyl (C=O) groups is 1. The summed E-state index contributed by atoms with van der Waals surface area (Å²) >= 11 is 0. The maximum atomic E-state index is 11.6. The SMILES string of the molecule is C=C(C)CN(CC)C(=O)CCCCN. The van der Waals surface area contributed by atoms with Crippen molar-refractivity contribution in [1.29, 1.82) is 0 Å². The highest BCUT2D eigenvalue weighted by Crippen LogP contribution is 2.02. The number of nitrogens with zero attached hydrogens (tertiary/aromatic N) is 1. The molecule has 0 spiro atoms. The number of hydrogen-bond donors (Lipinski definition) is 1. The van der Waals surface area contributed by atoms with Crippen molar-refractivity contribution in [3.8, 4) is 0 Å². The fourth-order valence-corrected chi connectivity index (χ4v) is 1.28. The Kier molecular flexibility index (Phi) is 7.11. The second-order valence-corrected chi connectivity index (χ2v) is 3.61. The van der Waals surface area contributed by atoms with Crippen LogP contribution in [0.25, 0.3) is 0 Å². The molecule has 2 N–H and O–H groups in total. The van der Waals surface area contributed by atoms with E-state index in [0.29, 0.717) is 19.5 Å². The predicted octanol–water partition coefficient (Wildman–Crippen LogP) is 1.54. The largest absolute Gasteiger partial charge is 0.339 e. The summed E-state index contributed by atoms with van der Waals surface area (Å²) in [6.07, 6.45) is 2.43. The minimum Gasteiger partial charge on any atom is -0.339 e. The van der Waals surface area contributed by atoms with E-state index in [4.69, 9.17) is 5.73 Å². The van der Waals surface area contributed by atoms with Crippen LogP contribution in [0.1, 0.15) is 33.1 Å². The lowest BCUT2D eigenvalue weighted by Crippen LogP contribution is -2.31. The topological polar surface area (TPSA) is 46.3 Å². The molecule has 0 heterocycles. The number of unbranched alkanes of at least 4 members (excludes halogenated alkanes) is 1. The first-order chi connectivity index (χ1) is 6.61. The van der Waals surface area contributed by atoms with E-state index in [0.717, 1.165) is 25.0 Å². The van der Waals surface area contributed by atoms with E-state index >= 15 is 0 Å². The van der Waals surface area contributed by atoms with Crippen molar-refractivity contribution in [3.63, 3.8) is 0 Å².